The molecular formula is C23H29N5O3. The van der Waals surface area contributed by atoms with Gasteiger partial charge in [-0.3, -0.25) is 4.79 Å². The summed E-state index contributed by atoms with van der Waals surface area (Å²) in [6.45, 7) is 8.25. The molecule has 0 bridgehead atoms. The predicted molar refractivity (Wildman–Crippen MR) is 115 cm³/mol. The maximum atomic E-state index is 12.6. The van der Waals surface area contributed by atoms with Crippen molar-refractivity contribution in [1.82, 2.24) is 25.6 Å². The Balaban J connectivity index is 1.39. The molecule has 31 heavy (non-hydrogen) atoms. The van der Waals surface area contributed by atoms with E-state index < -0.39 is 0 Å². The molecule has 164 valence electrons. The fourth-order valence-electron chi connectivity index (χ4n) is 4.39. The number of nitrogens with one attached hydrogen (secondary N) is 1. The lowest BCUT2D eigenvalue weighted by atomic mass is 9.79. The number of carbonyl (C=O) groups excluding carboxylic acids is 1. The van der Waals surface area contributed by atoms with Crippen LogP contribution in [0.3, 0.4) is 0 Å². The van der Waals surface area contributed by atoms with Crippen LogP contribution in [0.25, 0.3) is 11.3 Å². The van der Waals surface area contributed by atoms with Crippen molar-refractivity contribution in [3.8, 4) is 11.3 Å². The van der Waals surface area contributed by atoms with Crippen molar-refractivity contribution in [3.63, 3.8) is 0 Å². The van der Waals surface area contributed by atoms with Gasteiger partial charge < -0.3 is 14.4 Å². The molecule has 0 aliphatic heterocycles. The number of carbonyl (C=O) groups is 1. The molecule has 0 unspecified atom stereocenters. The lowest BCUT2D eigenvalue weighted by molar-refractivity contribution is 0.0940. The first kappa shape index (κ1) is 21.2. The van der Waals surface area contributed by atoms with Crippen LogP contribution < -0.4 is 5.32 Å². The van der Waals surface area contributed by atoms with E-state index in [2.05, 4.69) is 20.6 Å². The molecule has 1 fully saturated rings. The molecular weight excluding hydrogens is 394 g/mol. The second-order valence-corrected chi connectivity index (χ2v) is 8.40. The topological polar surface area (TPSA) is 107 Å². The monoisotopic (exact) mass is 423 g/mol. The van der Waals surface area contributed by atoms with Crippen molar-refractivity contribution < 1.29 is 13.8 Å². The summed E-state index contributed by atoms with van der Waals surface area (Å²) in [5, 5.41) is 11.0. The third-order valence-electron chi connectivity index (χ3n) is 6.10. The Morgan fingerprint density at radius 3 is 2.58 bits per heavy atom. The molecule has 0 saturated heterocycles. The first-order chi connectivity index (χ1) is 15.0. The van der Waals surface area contributed by atoms with E-state index in [1.807, 2.05) is 33.0 Å². The minimum atomic E-state index is -0.0906. The van der Waals surface area contributed by atoms with Gasteiger partial charge in [-0.05, 0) is 52.4 Å². The summed E-state index contributed by atoms with van der Waals surface area (Å²) in [5.41, 5.74) is 4.04. The molecule has 4 rings (SSSR count). The Labute approximate surface area is 181 Å². The number of rotatable bonds is 6. The fraction of sp³-hybridized carbons (Fsp3) is 0.522. The molecule has 3 heterocycles. The Morgan fingerprint density at radius 1 is 1.13 bits per heavy atom. The zero-order valence-corrected chi connectivity index (χ0v) is 18.6. The first-order valence-electron chi connectivity index (χ1n) is 11.0. The van der Waals surface area contributed by atoms with E-state index >= 15 is 0 Å². The van der Waals surface area contributed by atoms with Crippen molar-refractivity contribution in [2.24, 2.45) is 5.92 Å². The van der Waals surface area contributed by atoms with Crippen LogP contribution in [0.5, 0.6) is 0 Å². The van der Waals surface area contributed by atoms with Crippen LogP contribution in [-0.2, 0) is 6.42 Å². The van der Waals surface area contributed by atoms with Gasteiger partial charge in [0.05, 0.1) is 22.6 Å². The third-order valence-corrected chi connectivity index (χ3v) is 6.10. The normalized spacial score (nSPS) is 18.8. The van der Waals surface area contributed by atoms with E-state index in [4.69, 9.17) is 14.0 Å². The molecule has 0 aromatic carbocycles. The number of hydrogen-bond donors (Lipinski definition) is 1. The largest absolute Gasteiger partial charge is 0.360 e. The van der Waals surface area contributed by atoms with Crippen LogP contribution in [0.1, 0.15) is 77.5 Å². The molecule has 3 aromatic heterocycles. The van der Waals surface area contributed by atoms with Crippen LogP contribution in [0.4, 0.5) is 0 Å². The molecule has 0 radical (unpaired) electrons. The second-order valence-electron chi connectivity index (χ2n) is 8.40. The summed E-state index contributed by atoms with van der Waals surface area (Å²) in [4.78, 5) is 21.8. The Bertz CT molecular complexity index is 1060. The van der Waals surface area contributed by atoms with E-state index in [0.29, 0.717) is 41.8 Å². The Hall–Kier alpha value is -3.03. The van der Waals surface area contributed by atoms with Gasteiger partial charge in [-0.15, -0.1) is 0 Å². The zero-order valence-electron chi connectivity index (χ0n) is 18.6. The van der Waals surface area contributed by atoms with Crippen LogP contribution in [-0.4, -0.2) is 32.7 Å². The number of hydrogen-bond acceptors (Lipinski definition) is 7. The van der Waals surface area contributed by atoms with Crippen molar-refractivity contribution in [3.05, 3.63) is 46.5 Å². The van der Waals surface area contributed by atoms with Crippen LogP contribution in [0.2, 0.25) is 0 Å². The summed E-state index contributed by atoms with van der Waals surface area (Å²) in [5.74, 6) is 2.84. The highest BCUT2D eigenvalue weighted by Crippen LogP contribution is 2.39. The van der Waals surface area contributed by atoms with Crippen LogP contribution >= 0.6 is 0 Å². The molecule has 8 heteroatoms. The first-order valence-corrected chi connectivity index (χ1v) is 11.0. The molecule has 0 spiro atoms. The van der Waals surface area contributed by atoms with E-state index in [9.17, 15) is 4.79 Å². The summed E-state index contributed by atoms with van der Waals surface area (Å²) in [6.07, 6.45) is 6.60. The smallest absolute Gasteiger partial charge is 0.256 e. The molecule has 1 amide bonds. The van der Waals surface area contributed by atoms with Crippen molar-refractivity contribution in [2.45, 2.75) is 65.7 Å². The average molecular weight is 424 g/mol. The summed E-state index contributed by atoms with van der Waals surface area (Å²) in [7, 11) is 0. The quantitative estimate of drug-likeness (QED) is 0.629. The molecule has 1 aliphatic rings. The minimum absolute atomic E-state index is 0.0906. The van der Waals surface area contributed by atoms with Gasteiger partial charge in [-0.1, -0.05) is 17.2 Å². The zero-order chi connectivity index (χ0) is 22.0. The number of amides is 1. The van der Waals surface area contributed by atoms with Gasteiger partial charge in [0.25, 0.3) is 5.91 Å². The SMILES string of the molecule is CCc1onc(C)c1C(=O)NCC1CCC(c2nc(C)ncc2-c2cc(C)no2)CC1. The lowest BCUT2D eigenvalue weighted by Crippen LogP contribution is -2.32. The highest BCUT2D eigenvalue weighted by Gasteiger charge is 2.28. The number of aromatic nitrogens is 4. The molecule has 3 aromatic rings. The second kappa shape index (κ2) is 8.99. The summed E-state index contributed by atoms with van der Waals surface area (Å²) >= 11 is 0. The minimum Gasteiger partial charge on any atom is -0.360 e. The van der Waals surface area contributed by atoms with Crippen molar-refractivity contribution >= 4 is 5.91 Å². The maximum absolute atomic E-state index is 12.6. The molecule has 1 aliphatic carbocycles. The van der Waals surface area contributed by atoms with Gasteiger partial charge in [0.2, 0.25) is 0 Å². The highest BCUT2D eigenvalue weighted by atomic mass is 16.5. The molecule has 8 nitrogen and oxygen atoms in total. The van der Waals surface area contributed by atoms with Gasteiger partial charge in [-0.25, -0.2) is 9.97 Å². The Morgan fingerprint density at radius 2 is 1.90 bits per heavy atom. The average Bonchev–Trinajstić information content (AvgIpc) is 3.37. The van der Waals surface area contributed by atoms with Gasteiger partial charge >= 0.3 is 0 Å². The molecule has 0 atom stereocenters. The van der Waals surface area contributed by atoms with Crippen LogP contribution in [0.15, 0.2) is 21.3 Å². The van der Waals surface area contributed by atoms with Gasteiger partial charge in [-0.2, -0.15) is 0 Å². The number of nitrogens with zero attached hydrogens (tertiary/aromatic N) is 4. The van der Waals surface area contributed by atoms with E-state index in [1.54, 1.807) is 6.92 Å². The van der Waals surface area contributed by atoms with E-state index in [0.717, 1.165) is 54.2 Å². The number of aryl methyl sites for hydroxylation is 4. The highest BCUT2D eigenvalue weighted by molar-refractivity contribution is 5.96. The molecule has 1 N–H and O–H groups in total. The third kappa shape index (κ3) is 4.52. The van der Waals surface area contributed by atoms with E-state index in [1.165, 1.54) is 0 Å². The fourth-order valence-corrected chi connectivity index (χ4v) is 4.39. The Kier molecular flexibility index (Phi) is 6.15. The van der Waals surface area contributed by atoms with Gasteiger partial charge in [0.1, 0.15) is 17.1 Å². The lowest BCUT2D eigenvalue weighted by Gasteiger charge is -2.29. The summed E-state index contributed by atoms with van der Waals surface area (Å²) in [6, 6.07) is 1.93. The predicted octanol–water partition coefficient (Wildman–Crippen LogP) is 4.31. The van der Waals surface area contributed by atoms with Crippen molar-refractivity contribution in [1.29, 1.82) is 0 Å². The summed E-state index contributed by atoms with van der Waals surface area (Å²) < 4.78 is 10.7. The van der Waals surface area contributed by atoms with Crippen molar-refractivity contribution in [2.75, 3.05) is 6.54 Å². The van der Waals surface area contributed by atoms with E-state index in [-0.39, 0.29) is 5.91 Å². The molecule has 1 saturated carbocycles. The van der Waals surface area contributed by atoms with Gasteiger partial charge in [0.15, 0.2) is 5.76 Å². The van der Waals surface area contributed by atoms with Crippen LogP contribution in [0, 0.1) is 26.7 Å². The van der Waals surface area contributed by atoms with Gasteiger partial charge in [0, 0.05) is 31.1 Å². The maximum Gasteiger partial charge on any atom is 0.256 e. The standard InChI is InChI=1S/C23H29N5O3/c1-5-19-21(14(3)28-30-19)23(29)25-11-16-6-8-17(9-7-16)22-18(12-24-15(4)26-22)20-10-13(2)27-31-20/h10,12,16-17H,5-9,11H2,1-4H3,(H,25,29).